The van der Waals surface area contributed by atoms with Crippen molar-refractivity contribution in [2.24, 2.45) is 11.8 Å². The zero-order valence-electron chi connectivity index (χ0n) is 29.3. The Bertz CT molecular complexity index is 552. The average Bonchev–Trinajstić information content (AvgIpc) is 2.94. The molecule has 0 rings (SSSR count). The molecule has 0 N–H and O–H groups in total. The molecule has 0 amide bonds. The van der Waals surface area contributed by atoms with E-state index < -0.39 is 11.4 Å². The summed E-state index contributed by atoms with van der Waals surface area (Å²) in [7, 11) is 0. The molecule has 0 aromatic heterocycles. The molecule has 3 atom stereocenters. The molecule has 0 saturated carbocycles. The van der Waals surface area contributed by atoms with E-state index in [1.165, 1.54) is 57.8 Å². The zero-order chi connectivity index (χ0) is 30.8. The van der Waals surface area contributed by atoms with E-state index in [9.17, 15) is 0 Å². The summed E-state index contributed by atoms with van der Waals surface area (Å²) in [5.41, 5.74) is -0.845. The number of hydrogen-bond acceptors (Lipinski definition) is 5. The fourth-order valence-corrected chi connectivity index (χ4v) is 5.22. The summed E-state index contributed by atoms with van der Waals surface area (Å²) in [6.45, 7) is 22.6. The van der Waals surface area contributed by atoms with E-state index in [1.807, 2.05) is 0 Å². The smallest absolute Gasteiger partial charge is 0.227 e. The second kappa shape index (κ2) is 26.2. The van der Waals surface area contributed by atoms with Crippen LogP contribution in [-0.4, -0.2) is 43.9 Å². The van der Waals surface area contributed by atoms with Crippen LogP contribution < -0.4 is 0 Å². The van der Waals surface area contributed by atoms with Crippen LogP contribution in [0, 0.1) is 11.8 Å². The second-order valence-corrected chi connectivity index (χ2v) is 13.3. The van der Waals surface area contributed by atoms with Crippen LogP contribution in [0.1, 0.15) is 178 Å². The molecule has 0 fully saturated rings. The van der Waals surface area contributed by atoms with Crippen LogP contribution in [0.4, 0.5) is 0 Å². The summed E-state index contributed by atoms with van der Waals surface area (Å²) in [5.74, 6) is 0.192. The Morgan fingerprint density at radius 2 is 1.05 bits per heavy atom. The van der Waals surface area contributed by atoms with Gasteiger partial charge in [0.05, 0.1) is 19.8 Å². The van der Waals surface area contributed by atoms with Crippen molar-refractivity contribution in [3.63, 3.8) is 0 Å². The lowest BCUT2D eigenvalue weighted by molar-refractivity contribution is -0.447. The van der Waals surface area contributed by atoms with Crippen LogP contribution in [0.5, 0.6) is 0 Å². The van der Waals surface area contributed by atoms with Crippen molar-refractivity contribution < 1.29 is 24.0 Å². The SMILES string of the molecule is CCCCCCCCOC(OCCCCC)(C(CC(C)CC)OCCCCC)C(C)(C)OOCCCCCC(C)C. The molecule has 0 saturated heterocycles. The number of ether oxygens (including phenoxy) is 3. The maximum Gasteiger partial charge on any atom is 0.227 e. The molecule has 3 unspecified atom stereocenters. The topological polar surface area (TPSA) is 46.2 Å². The van der Waals surface area contributed by atoms with Gasteiger partial charge < -0.3 is 14.2 Å². The first-order valence-corrected chi connectivity index (χ1v) is 17.9. The van der Waals surface area contributed by atoms with Crippen molar-refractivity contribution in [3.05, 3.63) is 0 Å². The molecule has 248 valence electrons. The summed E-state index contributed by atoms with van der Waals surface area (Å²) in [6.07, 6.45) is 20.4. The summed E-state index contributed by atoms with van der Waals surface area (Å²) < 4.78 is 20.5. The van der Waals surface area contributed by atoms with E-state index in [-0.39, 0.29) is 6.10 Å². The number of hydrogen-bond donors (Lipinski definition) is 0. The maximum absolute atomic E-state index is 6.92. The molecule has 0 spiro atoms. The minimum Gasteiger partial charge on any atom is -0.372 e. The third kappa shape index (κ3) is 18.9. The van der Waals surface area contributed by atoms with Crippen molar-refractivity contribution in [1.29, 1.82) is 0 Å². The van der Waals surface area contributed by atoms with Gasteiger partial charge in [-0.05, 0) is 57.8 Å². The molecule has 0 aliphatic carbocycles. The van der Waals surface area contributed by atoms with Crippen molar-refractivity contribution in [2.45, 2.75) is 195 Å². The molecule has 0 bridgehead atoms. The normalized spacial score (nSPS) is 15.4. The number of rotatable bonds is 31. The van der Waals surface area contributed by atoms with Crippen LogP contribution in [-0.2, 0) is 24.0 Å². The van der Waals surface area contributed by atoms with Gasteiger partial charge >= 0.3 is 0 Å². The summed E-state index contributed by atoms with van der Waals surface area (Å²) in [5, 5.41) is 0. The largest absolute Gasteiger partial charge is 0.372 e. The van der Waals surface area contributed by atoms with Gasteiger partial charge in [-0.15, -0.1) is 0 Å². The molecular weight excluding hydrogens is 512 g/mol. The van der Waals surface area contributed by atoms with Crippen LogP contribution in [0.25, 0.3) is 0 Å². The van der Waals surface area contributed by atoms with E-state index in [1.54, 1.807) is 0 Å². The monoisotopic (exact) mass is 587 g/mol. The van der Waals surface area contributed by atoms with E-state index in [0.29, 0.717) is 32.3 Å². The summed E-state index contributed by atoms with van der Waals surface area (Å²) >= 11 is 0. The zero-order valence-corrected chi connectivity index (χ0v) is 29.3. The molecule has 0 radical (unpaired) electrons. The lowest BCUT2D eigenvalue weighted by Gasteiger charge is -2.49. The van der Waals surface area contributed by atoms with Gasteiger partial charge in [-0.3, -0.25) is 0 Å². The highest BCUT2D eigenvalue weighted by Gasteiger charge is 2.56. The van der Waals surface area contributed by atoms with Gasteiger partial charge in [0.15, 0.2) is 5.60 Å². The highest BCUT2D eigenvalue weighted by molar-refractivity contribution is 4.97. The highest BCUT2D eigenvalue weighted by Crippen LogP contribution is 2.40. The number of unbranched alkanes of at least 4 members (excludes halogenated alkanes) is 11. The second-order valence-electron chi connectivity index (χ2n) is 13.3. The van der Waals surface area contributed by atoms with Crippen molar-refractivity contribution >= 4 is 0 Å². The Labute approximate surface area is 257 Å². The van der Waals surface area contributed by atoms with Gasteiger partial charge in [0.2, 0.25) is 5.79 Å². The molecule has 0 aliphatic heterocycles. The Morgan fingerprint density at radius 1 is 0.561 bits per heavy atom. The van der Waals surface area contributed by atoms with Gasteiger partial charge in [-0.1, -0.05) is 132 Å². The van der Waals surface area contributed by atoms with Crippen LogP contribution in [0.2, 0.25) is 0 Å². The molecule has 5 nitrogen and oxygen atoms in total. The molecule has 0 aromatic rings. The minimum atomic E-state index is -1.04. The molecule has 41 heavy (non-hydrogen) atoms. The van der Waals surface area contributed by atoms with E-state index >= 15 is 0 Å². The fraction of sp³-hybridized carbons (Fsp3) is 1.00. The van der Waals surface area contributed by atoms with Gasteiger partial charge in [-0.2, -0.15) is 0 Å². The maximum atomic E-state index is 6.92. The van der Waals surface area contributed by atoms with E-state index in [2.05, 4.69) is 62.3 Å². The summed E-state index contributed by atoms with van der Waals surface area (Å²) in [4.78, 5) is 12.2. The minimum absolute atomic E-state index is 0.235. The van der Waals surface area contributed by atoms with Gasteiger partial charge in [-0.25, -0.2) is 9.78 Å². The molecule has 0 heterocycles. The first-order valence-electron chi connectivity index (χ1n) is 17.9. The molecular formula is C36H74O5. The molecule has 5 heteroatoms. The Hall–Kier alpha value is -0.200. The van der Waals surface area contributed by atoms with Gasteiger partial charge in [0.25, 0.3) is 0 Å². The fourth-order valence-electron chi connectivity index (χ4n) is 5.22. The van der Waals surface area contributed by atoms with Gasteiger partial charge in [0, 0.05) is 6.61 Å². The Morgan fingerprint density at radius 3 is 1.63 bits per heavy atom. The lowest BCUT2D eigenvalue weighted by Crippen LogP contribution is -2.64. The van der Waals surface area contributed by atoms with Gasteiger partial charge in [0.1, 0.15) is 6.10 Å². The standard InChI is InChI=1S/C36H74O5/c1-10-14-17-18-19-24-29-39-36(38-28-23-16-12-3,34(31-33(7)13-4)37-27-22-15-11-2)35(8,9)41-40-30-25-20-21-26-32(5)6/h32-34H,10-31H2,1-9H3. The Kier molecular flexibility index (Phi) is 26.1. The molecule has 0 aromatic carbocycles. The van der Waals surface area contributed by atoms with Crippen molar-refractivity contribution in [1.82, 2.24) is 0 Å². The first-order chi connectivity index (χ1) is 19.7. The van der Waals surface area contributed by atoms with Crippen LogP contribution in [0.15, 0.2) is 0 Å². The lowest BCUT2D eigenvalue weighted by atomic mass is 9.86. The highest BCUT2D eigenvalue weighted by atomic mass is 17.2. The van der Waals surface area contributed by atoms with Crippen LogP contribution in [0.3, 0.4) is 0 Å². The third-order valence-electron chi connectivity index (χ3n) is 8.30. The average molecular weight is 587 g/mol. The van der Waals surface area contributed by atoms with Crippen molar-refractivity contribution in [2.75, 3.05) is 26.4 Å². The van der Waals surface area contributed by atoms with E-state index in [4.69, 9.17) is 24.0 Å². The molecule has 0 aliphatic rings. The quantitative estimate of drug-likeness (QED) is 0.0350. The van der Waals surface area contributed by atoms with Crippen molar-refractivity contribution in [3.8, 4) is 0 Å². The van der Waals surface area contributed by atoms with E-state index in [0.717, 1.165) is 63.7 Å². The Balaban J connectivity index is 5.89. The third-order valence-corrected chi connectivity index (χ3v) is 8.30. The van der Waals surface area contributed by atoms with Crippen LogP contribution >= 0.6 is 0 Å². The predicted molar refractivity (Wildman–Crippen MR) is 175 cm³/mol. The first kappa shape index (κ1) is 40.8. The summed E-state index contributed by atoms with van der Waals surface area (Å²) in [6, 6.07) is 0. The predicted octanol–water partition coefficient (Wildman–Crippen LogP) is 11.2.